The molecule has 0 saturated heterocycles. The normalized spacial score (nSPS) is 15.0. The molecule has 1 fully saturated rings. The molecule has 23 heavy (non-hydrogen) atoms. The average Bonchev–Trinajstić information content (AvgIpc) is 3.23. The molecule has 0 radical (unpaired) electrons. The lowest BCUT2D eigenvalue weighted by molar-refractivity contribution is -0.123. The Labute approximate surface area is 138 Å². The van der Waals surface area contributed by atoms with Crippen molar-refractivity contribution in [2.75, 3.05) is 12.8 Å². The van der Waals surface area contributed by atoms with Crippen LogP contribution in [0, 0.1) is 11.3 Å². The minimum atomic E-state index is -0.853. The van der Waals surface area contributed by atoms with Crippen LogP contribution in [0.25, 0.3) is 10.9 Å². The summed E-state index contributed by atoms with van der Waals surface area (Å²) in [7, 11) is 0. The van der Waals surface area contributed by atoms with Crippen molar-refractivity contribution in [1.29, 1.82) is 5.26 Å². The summed E-state index contributed by atoms with van der Waals surface area (Å²) in [6, 6.07) is 9.29. The van der Waals surface area contributed by atoms with Crippen LogP contribution in [0.3, 0.4) is 0 Å². The van der Waals surface area contributed by atoms with Gasteiger partial charge in [-0.2, -0.15) is 5.26 Å². The van der Waals surface area contributed by atoms with Crippen LogP contribution in [0.15, 0.2) is 30.5 Å². The zero-order valence-electron chi connectivity index (χ0n) is 12.6. The molecular weight excluding hydrogens is 312 g/mol. The van der Waals surface area contributed by atoms with Crippen LogP contribution in [-0.4, -0.2) is 34.1 Å². The fourth-order valence-corrected chi connectivity index (χ4v) is 3.08. The second kappa shape index (κ2) is 5.97. The van der Waals surface area contributed by atoms with E-state index in [4.69, 9.17) is 5.26 Å². The number of carbonyl (C=O) groups is 2. The van der Waals surface area contributed by atoms with Crippen molar-refractivity contribution < 1.29 is 9.59 Å². The number of aromatic nitrogens is 1. The van der Waals surface area contributed by atoms with Gasteiger partial charge in [0.05, 0.1) is 11.6 Å². The third-order valence-electron chi connectivity index (χ3n) is 3.98. The Hall–Kier alpha value is -2.46. The van der Waals surface area contributed by atoms with Crippen LogP contribution in [0.2, 0.25) is 0 Å². The Balaban J connectivity index is 1.76. The van der Waals surface area contributed by atoms with Crippen LogP contribution in [0.4, 0.5) is 0 Å². The molecule has 1 aromatic heterocycles. The second-order valence-electron chi connectivity index (χ2n) is 5.47. The lowest BCUT2D eigenvalue weighted by atomic mass is 10.1. The van der Waals surface area contributed by atoms with Gasteiger partial charge in [-0.25, -0.2) is 0 Å². The molecule has 6 nitrogen and oxygen atoms in total. The number of benzene rings is 1. The van der Waals surface area contributed by atoms with Gasteiger partial charge in [0, 0.05) is 23.4 Å². The van der Waals surface area contributed by atoms with Gasteiger partial charge in [-0.05, 0) is 49.1 Å². The highest BCUT2D eigenvalue weighted by Crippen LogP contribution is 2.36. The smallest absolute Gasteiger partial charge is 0.252 e. The van der Waals surface area contributed by atoms with Gasteiger partial charge in [0.1, 0.15) is 12.1 Å². The van der Waals surface area contributed by atoms with E-state index in [1.54, 1.807) is 18.0 Å². The zero-order valence-corrected chi connectivity index (χ0v) is 13.4. The number of rotatable bonds is 5. The minimum absolute atomic E-state index is 0.0510. The van der Waals surface area contributed by atoms with E-state index in [1.165, 1.54) is 0 Å². The Kier molecular flexibility index (Phi) is 4.01. The molecule has 1 aliphatic rings. The molecule has 0 bridgehead atoms. The first-order valence-corrected chi connectivity index (χ1v) is 8.41. The minimum Gasteiger partial charge on any atom is -0.341 e. The standard InChI is InChI=1S/C16H16N4O2S/c1-23-20-9-4-11-10-12(2-3-13(11)20)14(21)19-16(5-6-16)15(22)18-8-7-17/h2-4,9-10H,5-6,8H2,1H3,(H,18,22)(H,19,21). The first kappa shape index (κ1) is 15.4. The van der Waals surface area contributed by atoms with Crippen molar-refractivity contribution in [3.63, 3.8) is 0 Å². The van der Waals surface area contributed by atoms with E-state index in [-0.39, 0.29) is 18.4 Å². The molecule has 118 valence electrons. The van der Waals surface area contributed by atoms with Crippen LogP contribution in [-0.2, 0) is 4.79 Å². The Morgan fingerprint density at radius 1 is 1.39 bits per heavy atom. The van der Waals surface area contributed by atoms with E-state index in [0.717, 1.165) is 10.9 Å². The summed E-state index contributed by atoms with van der Waals surface area (Å²) in [5, 5.41) is 14.8. The molecule has 1 heterocycles. The number of nitrogens with zero attached hydrogens (tertiary/aromatic N) is 2. The first-order chi connectivity index (χ1) is 11.1. The summed E-state index contributed by atoms with van der Waals surface area (Å²) >= 11 is 1.59. The molecule has 0 aliphatic heterocycles. The maximum Gasteiger partial charge on any atom is 0.252 e. The zero-order chi connectivity index (χ0) is 16.4. The van der Waals surface area contributed by atoms with Crippen LogP contribution >= 0.6 is 11.9 Å². The molecule has 7 heteroatoms. The largest absolute Gasteiger partial charge is 0.341 e. The van der Waals surface area contributed by atoms with E-state index in [0.29, 0.717) is 18.4 Å². The molecule has 1 aromatic carbocycles. The van der Waals surface area contributed by atoms with Crippen LogP contribution in [0.1, 0.15) is 23.2 Å². The van der Waals surface area contributed by atoms with Gasteiger partial charge < -0.3 is 10.6 Å². The predicted octanol–water partition coefficient (Wildman–Crippen LogP) is 1.67. The van der Waals surface area contributed by atoms with E-state index in [1.807, 2.05) is 40.7 Å². The fourth-order valence-electron chi connectivity index (χ4n) is 2.53. The molecule has 1 saturated carbocycles. The summed E-state index contributed by atoms with van der Waals surface area (Å²) in [6.07, 6.45) is 5.13. The SMILES string of the molecule is CSn1ccc2cc(C(=O)NC3(C(=O)NCC#N)CC3)ccc21. The molecular formula is C16H16N4O2S. The van der Waals surface area contributed by atoms with Crippen LogP contribution in [0.5, 0.6) is 0 Å². The van der Waals surface area contributed by atoms with Gasteiger partial charge in [-0.3, -0.25) is 13.6 Å². The first-order valence-electron chi connectivity index (χ1n) is 7.23. The van der Waals surface area contributed by atoms with E-state index in [9.17, 15) is 9.59 Å². The number of nitriles is 1. The summed E-state index contributed by atoms with van der Waals surface area (Å²) in [5.41, 5.74) is 0.714. The van der Waals surface area contributed by atoms with Gasteiger partial charge in [0.2, 0.25) is 5.91 Å². The Morgan fingerprint density at radius 2 is 2.17 bits per heavy atom. The second-order valence-corrected chi connectivity index (χ2v) is 6.23. The van der Waals surface area contributed by atoms with Crippen LogP contribution < -0.4 is 10.6 Å². The highest BCUT2D eigenvalue weighted by Gasteiger charge is 2.51. The monoisotopic (exact) mass is 328 g/mol. The highest BCUT2D eigenvalue weighted by molar-refractivity contribution is 7.97. The number of nitrogens with one attached hydrogen (secondary N) is 2. The molecule has 2 aromatic rings. The van der Waals surface area contributed by atoms with E-state index >= 15 is 0 Å². The topological polar surface area (TPSA) is 86.9 Å². The van der Waals surface area contributed by atoms with Gasteiger partial charge in [0.25, 0.3) is 5.91 Å². The van der Waals surface area contributed by atoms with E-state index in [2.05, 4.69) is 10.6 Å². The van der Waals surface area contributed by atoms with Crippen molar-refractivity contribution in [3.05, 3.63) is 36.0 Å². The molecule has 1 aliphatic carbocycles. The summed E-state index contributed by atoms with van der Waals surface area (Å²) < 4.78 is 2.02. The van der Waals surface area contributed by atoms with Crippen molar-refractivity contribution in [2.45, 2.75) is 18.4 Å². The van der Waals surface area contributed by atoms with Crippen molar-refractivity contribution in [3.8, 4) is 6.07 Å². The van der Waals surface area contributed by atoms with Crippen molar-refractivity contribution in [1.82, 2.24) is 14.6 Å². The van der Waals surface area contributed by atoms with Gasteiger partial charge in [-0.15, -0.1) is 0 Å². The fraction of sp³-hybridized carbons (Fsp3) is 0.312. The molecule has 0 spiro atoms. The maximum absolute atomic E-state index is 12.4. The lowest BCUT2D eigenvalue weighted by Gasteiger charge is -2.16. The number of carbonyl (C=O) groups excluding carboxylic acids is 2. The molecule has 3 rings (SSSR count). The van der Waals surface area contributed by atoms with E-state index < -0.39 is 5.54 Å². The number of fused-ring (bicyclic) bond motifs is 1. The summed E-state index contributed by atoms with van der Waals surface area (Å²) in [6.45, 7) is -0.0510. The predicted molar refractivity (Wildman–Crippen MR) is 88.9 cm³/mol. The highest BCUT2D eigenvalue weighted by atomic mass is 32.2. The third kappa shape index (κ3) is 2.90. The molecule has 0 atom stereocenters. The van der Waals surface area contributed by atoms with Gasteiger partial charge >= 0.3 is 0 Å². The molecule has 2 amide bonds. The van der Waals surface area contributed by atoms with Gasteiger partial charge in [0.15, 0.2) is 0 Å². The summed E-state index contributed by atoms with van der Waals surface area (Å²) in [5.74, 6) is -0.560. The average molecular weight is 328 g/mol. The maximum atomic E-state index is 12.4. The Bertz CT molecular complexity index is 817. The van der Waals surface area contributed by atoms with Gasteiger partial charge in [-0.1, -0.05) is 0 Å². The summed E-state index contributed by atoms with van der Waals surface area (Å²) in [4.78, 5) is 24.5. The molecule has 2 N–H and O–H groups in total. The van der Waals surface area contributed by atoms with Crippen molar-refractivity contribution >= 4 is 34.7 Å². The quantitative estimate of drug-likeness (QED) is 0.817. The number of hydrogen-bond donors (Lipinski definition) is 2. The number of hydrogen-bond acceptors (Lipinski definition) is 4. The Morgan fingerprint density at radius 3 is 2.83 bits per heavy atom. The number of amides is 2. The van der Waals surface area contributed by atoms with Crippen molar-refractivity contribution in [2.24, 2.45) is 0 Å². The lowest BCUT2D eigenvalue weighted by Crippen LogP contribution is -2.49. The third-order valence-corrected chi connectivity index (χ3v) is 4.69. The molecule has 0 unspecified atom stereocenters.